The van der Waals surface area contributed by atoms with Crippen LogP contribution in [0.5, 0.6) is 0 Å². The van der Waals surface area contributed by atoms with Gasteiger partial charge in [-0.05, 0) is 44.4 Å². The number of halogens is 2. The van der Waals surface area contributed by atoms with Crippen LogP contribution < -0.4 is 5.32 Å². The Morgan fingerprint density at radius 1 is 1.50 bits per heavy atom. The number of hydrogen-bond donors (Lipinski definition) is 3. The molecule has 0 aliphatic rings. The number of nitrogens with zero attached hydrogens (tertiary/aromatic N) is 3. The van der Waals surface area contributed by atoms with Gasteiger partial charge in [0, 0.05) is 5.69 Å². The number of oxime groups is 1. The molecule has 22 heavy (non-hydrogen) atoms. The second-order valence-corrected chi connectivity index (χ2v) is 5.62. The second-order valence-electron chi connectivity index (χ2n) is 3.80. The van der Waals surface area contributed by atoms with Crippen LogP contribution in [0.2, 0.25) is 0 Å². The zero-order chi connectivity index (χ0) is 16.1. The molecule has 0 aliphatic heterocycles. The number of anilines is 1. The molecule has 1 heterocycles. The van der Waals surface area contributed by atoms with E-state index in [-0.39, 0.29) is 26.8 Å². The highest BCUT2D eigenvalue weighted by Gasteiger charge is 2.19. The Balaban J connectivity index is 2.20. The van der Waals surface area contributed by atoms with Crippen molar-refractivity contribution in [3.8, 4) is 0 Å². The molecule has 0 bridgehead atoms. The van der Waals surface area contributed by atoms with E-state index in [4.69, 9.17) is 10.3 Å². The van der Waals surface area contributed by atoms with Crippen LogP contribution in [0.1, 0.15) is 5.69 Å². The quantitative estimate of drug-likeness (QED) is 0.234. The number of carboxylic acid groups (broad SMARTS) is 1. The van der Waals surface area contributed by atoms with Gasteiger partial charge in [-0.15, -0.1) is 0 Å². The van der Waals surface area contributed by atoms with Crippen molar-refractivity contribution in [1.82, 2.24) is 10.3 Å². The summed E-state index contributed by atoms with van der Waals surface area (Å²) in [7, 11) is 0. The van der Waals surface area contributed by atoms with Gasteiger partial charge in [0.05, 0.1) is 10.2 Å². The summed E-state index contributed by atoms with van der Waals surface area (Å²) in [5, 5.41) is 30.7. The van der Waals surface area contributed by atoms with Crippen molar-refractivity contribution in [2.75, 3.05) is 11.1 Å². The Hall–Kier alpha value is -2.14. The Labute approximate surface area is 135 Å². The molecule has 116 valence electrons. The predicted octanol–water partition coefficient (Wildman–Crippen LogP) is 2.40. The molecule has 8 nitrogen and oxygen atoms in total. The van der Waals surface area contributed by atoms with E-state index in [9.17, 15) is 9.18 Å². The molecule has 11 heteroatoms. The van der Waals surface area contributed by atoms with Crippen molar-refractivity contribution >= 4 is 45.2 Å². The summed E-state index contributed by atoms with van der Waals surface area (Å²) in [6.07, 6.45) is 0. The molecule has 0 fully saturated rings. The number of aromatic nitrogens is 2. The Bertz CT molecular complexity index is 724. The molecular weight excluding hydrogens is 383 g/mol. The standard InChI is InChI=1S/C11H8BrFN4O4S/c12-6-3-5(1-2-7(6)13)14-10(15-20)9-11(17-21-16-9)22-4-8(18)19/h1-3,20H,4H2,(H,14,15)(H,18,19). The molecule has 1 aromatic carbocycles. The number of rotatable bonds is 5. The summed E-state index contributed by atoms with van der Waals surface area (Å²) in [5.41, 5.74) is 0.451. The van der Waals surface area contributed by atoms with E-state index < -0.39 is 11.8 Å². The van der Waals surface area contributed by atoms with Crippen molar-refractivity contribution in [2.45, 2.75) is 5.03 Å². The summed E-state index contributed by atoms with van der Waals surface area (Å²) in [6, 6.07) is 4.06. The van der Waals surface area contributed by atoms with Crippen molar-refractivity contribution in [3.05, 3.63) is 34.2 Å². The number of carbonyl (C=O) groups is 1. The van der Waals surface area contributed by atoms with Gasteiger partial charge in [-0.2, -0.15) is 0 Å². The Kier molecular flexibility index (Phi) is 5.33. The fourth-order valence-electron chi connectivity index (χ4n) is 1.39. The molecule has 0 spiro atoms. The maximum Gasteiger partial charge on any atom is 0.313 e. The number of amidine groups is 1. The zero-order valence-corrected chi connectivity index (χ0v) is 13.1. The van der Waals surface area contributed by atoms with Crippen LogP contribution >= 0.6 is 27.7 Å². The first-order chi connectivity index (χ1) is 10.5. The average Bonchev–Trinajstić information content (AvgIpc) is 2.94. The molecule has 1 aromatic heterocycles. The summed E-state index contributed by atoms with van der Waals surface area (Å²) in [4.78, 5) is 10.6. The van der Waals surface area contributed by atoms with E-state index in [0.29, 0.717) is 5.69 Å². The van der Waals surface area contributed by atoms with Crippen LogP contribution in [0, 0.1) is 5.82 Å². The maximum absolute atomic E-state index is 13.2. The number of aliphatic carboxylic acids is 1. The lowest BCUT2D eigenvalue weighted by Gasteiger charge is -2.07. The molecule has 0 aliphatic carbocycles. The minimum Gasteiger partial charge on any atom is -0.481 e. The number of thioether (sulfide) groups is 1. The van der Waals surface area contributed by atoms with Gasteiger partial charge >= 0.3 is 5.97 Å². The number of hydrogen-bond acceptors (Lipinski definition) is 7. The summed E-state index contributed by atoms with van der Waals surface area (Å²) >= 11 is 3.88. The van der Waals surface area contributed by atoms with Crippen LogP contribution in [0.15, 0.2) is 37.5 Å². The van der Waals surface area contributed by atoms with Crippen molar-refractivity contribution in [3.63, 3.8) is 0 Å². The normalized spacial score (nSPS) is 11.5. The van der Waals surface area contributed by atoms with E-state index in [0.717, 1.165) is 11.8 Å². The minimum absolute atomic E-state index is 0.0363. The zero-order valence-electron chi connectivity index (χ0n) is 10.7. The van der Waals surface area contributed by atoms with Gasteiger partial charge in [0.15, 0.2) is 10.7 Å². The average molecular weight is 391 g/mol. The fraction of sp³-hybridized carbons (Fsp3) is 0.0909. The van der Waals surface area contributed by atoms with E-state index in [1.54, 1.807) is 0 Å². The summed E-state index contributed by atoms with van der Waals surface area (Å²) < 4.78 is 17.9. The summed E-state index contributed by atoms with van der Waals surface area (Å²) in [6.45, 7) is 0. The maximum atomic E-state index is 13.2. The molecule has 0 atom stereocenters. The lowest BCUT2D eigenvalue weighted by Crippen LogP contribution is -2.15. The lowest BCUT2D eigenvalue weighted by atomic mass is 10.3. The minimum atomic E-state index is -1.04. The third kappa shape index (κ3) is 3.95. The lowest BCUT2D eigenvalue weighted by molar-refractivity contribution is -0.133. The number of nitrogens with one attached hydrogen (secondary N) is 1. The third-order valence-electron chi connectivity index (χ3n) is 2.30. The van der Waals surface area contributed by atoms with Crippen LogP contribution in [0.3, 0.4) is 0 Å². The van der Waals surface area contributed by atoms with Crippen LogP contribution in [-0.4, -0.2) is 38.2 Å². The fourth-order valence-corrected chi connectivity index (χ4v) is 2.39. The van der Waals surface area contributed by atoms with E-state index in [1.165, 1.54) is 18.2 Å². The van der Waals surface area contributed by atoms with Gasteiger partial charge in [-0.1, -0.05) is 16.9 Å². The summed E-state index contributed by atoms with van der Waals surface area (Å²) in [5.74, 6) is -1.87. The highest BCUT2D eigenvalue weighted by Crippen LogP contribution is 2.23. The van der Waals surface area contributed by atoms with Gasteiger partial charge in [0.25, 0.3) is 0 Å². The van der Waals surface area contributed by atoms with Crippen molar-refractivity contribution in [2.24, 2.45) is 5.16 Å². The largest absolute Gasteiger partial charge is 0.481 e. The highest BCUT2D eigenvalue weighted by atomic mass is 79.9. The second kappa shape index (κ2) is 7.22. The van der Waals surface area contributed by atoms with Crippen molar-refractivity contribution < 1.29 is 24.1 Å². The topological polar surface area (TPSA) is 121 Å². The van der Waals surface area contributed by atoms with E-state index in [1.807, 2.05) is 0 Å². The monoisotopic (exact) mass is 390 g/mol. The van der Waals surface area contributed by atoms with Crippen LogP contribution in [0.25, 0.3) is 0 Å². The molecule has 2 rings (SSSR count). The molecule has 0 saturated heterocycles. The van der Waals surface area contributed by atoms with E-state index in [2.05, 4.69) is 41.3 Å². The predicted molar refractivity (Wildman–Crippen MR) is 78.7 cm³/mol. The highest BCUT2D eigenvalue weighted by molar-refractivity contribution is 9.10. The third-order valence-corrected chi connectivity index (χ3v) is 3.84. The van der Waals surface area contributed by atoms with Gasteiger partial charge in [-0.25, -0.2) is 9.02 Å². The van der Waals surface area contributed by atoms with Crippen LogP contribution in [0.4, 0.5) is 10.1 Å². The first kappa shape index (κ1) is 16.2. The number of carboxylic acids is 1. The smallest absolute Gasteiger partial charge is 0.313 e. The molecule has 0 unspecified atom stereocenters. The molecule has 0 amide bonds. The number of benzene rings is 1. The van der Waals surface area contributed by atoms with Gasteiger partial charge in [0.1, 0.15) is 5.82 Å². The van der Waals surface area contributed by atoms with Gasteiger partial charge in [0.2, 0.25) is 5.84 Å². The van der Waals surface area contributed by atoms with Crippen molar-refractivity contribution in [1.29, 1.82) is 0 Å². The van der Waals surface area contributed by atoms with E-state index >= 15 is 0 Å². The van der Waals surface area contributed by atoms with Gasteiger partial charge in [-0.3, -0.25) is 4.79 Å². The Morgan fingerprint density at radius 3 is 2.91 bits per heavy atom. The molecular formula is C11H8BrFN4O4S. The first-order valence-corrected chi connectivity index (χ1v) is 7.40. The SMILES string of the molecule is O=C(O)CSc1nonc1/C(=N/O)Nc1ccc(F)c(Br)c1. The molecule has 3 N–H and O–H groups in total. The molecule has 0 radical (unpaired) electrons. The molecule has 0 saturated carbocycles. The molecule has 2 aromatic rings. The Morgan fingerprint density at radius 2 is 2.27 bits per heavy atom. The first-order valence-electron chi connectivity index (χ1n) is 5.63. The van der Waals surface area contributed by atoms with Gasteiger partial charge < -0.3 is 15.6 Å². The van der Waals surface area contributed by atoms with Crippen LogP contribution in [-0.2, 0) is 4.79 Å².